The monoisotopic (exact) mass is 313 g/mol. The number of halogens is 1. The van der Waals surface area contributed by atoms with Crippen molar-refractivity contribution in [3.05, 3.63) is 29.3 Å². The largest absolute Gasteiger partial charge is 0.466 e. The number of carbonyl (C=O) groups is 2. The molecule has 1 rings (SSSR count). The maximum Gasteiger partial charge on any atom is 0.412 e. The number of ether oxygens (including phenoxy) is 2. The predicted molar refractivity (Wildman–Crippen MR) is 81.4 cm³/mol. The highest BCUT2D eigenvalue weighted by molar-refractivity contribution is 6.30. The zero-order valence-electron chi connectivity index (χ0n) is 12.8. The van der Waals surface area contributed by atoms with E-state index in [1.807, 2.05) is 0 Å². The molecule has 0 bridgehead atoms. The van der Waals surface area contributed by atoms with Gasteiger partial charge in [0.1, 0.15) is 0 Å². The highest BCUT2D eigenvalue weighted by Gasteiger charge is 2.49. The van der Waals surface area contributed by atoms with Crippen molar-refractivity contribution in [2.75, 3.05) is 12.4 Å². The van der Waals surface area contributed by atoms with Gasteiger partial charge in [-0.3, -0.25) is 5.32 Å². The summed E-state index contributed by atoms with van der Waals surface area (Å²) in [5.74, 6) is -0.610. The molecule has 0 heterocycles. The second-order valence-corrected chi connectivity index (χ2v) is 6.23. The Morgan fingerprint density at radius 3 is 2.05 bits per heavy atom. The lowest BCUT2D eigenvalue weighted by Crippen LogP contribution is -2.52. The summed E-state index contributed by atoms with van der Waals surface area (Å²) in [5.41, 5.74) is -1.51. The third-order valence-electron chi connectivity index (χ3n) is 3.39. The lowest BCUT2D eigenvalue weighted by molar-refractivity contribution is -0.171. The van der Waals surface area contributed by atoms with Gasteiger partial charge in [-0.2, -0.15) is 0 Å². The third-order valence-corrected chi connectivity index (χ3v) is 3.65. The van der Waals surface area contributed by atoms with Crippen LogP contribution >= 0.6 is 11.6 Å². The Kier molecular flexibility index (Phi) is 5.23. The van der Waals surface area contributed by atoms with Crippen LogP contribution in [0.25, 0.3) is 0 Å². The van der Waals surface area contributed by atoms with Crippen LogP contribution in [-0.2, 0) is 14.3 Å². The molecule has 1 N–H and O–H groups in total. The summed E-state index contributed by atoms with van der Waals surface area (Å²) in [4.78, 5) is 24.0. The Bertz CT molecular complexity index is 521. The molecule has 0 aliphatic heterocycles. The summed E-state index contributed by atoms with van der Waals surface area (Å²) in [6.07, 6.45) is -0.736. The van der Waals surface area contributed by atoms with E-state index in [0.29, 0.717) is 10.7 Å². The number of nitrogens with one attached hydrogen (secondary N) is 1. The molecule has 0 aliphatic rings. The first-order chi connectivity index (χ1) is 9.60. The number of carbonyl (C=O) groups excluding carboxylic acids is 2. The van der Waals surface area contributed by atoms with Crippen molar-refractivity contribution in [1.29, 1.82) is 0 Å². The van der Waals surface area contributed by atoms with Crippen LogP contribution in [0, 0.1) is 5.41 Å². The minimum Gasteiger partial charge on any atom is -0.466 e. The smallest absolute Gasteiger partial charge is 0.412 e. The molecule has 21 heavy (non-hydrogen) atoms. The van der Waals surface area contributed by atoms with Crippen LogP contribution < -0.4 is 5.32 Å². The summed E-state index contributed by atoms with van der Waals surface area (Å²) >= 11 is 5.77. The van der Waals surface area contributed by atoms with Gasteiger partial charge in [-0.15, -0.1) is 0 Å². The Hall–Kier alpha value is -1.75. The first-order valence-corrected chi connectivity index (χ1v) is 6.82. The second-order valence-electron chi connectivity index (χ2n) is 5.80. The van der Waals surface area contributed by atoms with Crippen LogP contribution in [0.2, 0.25) is 5.02 Å². The molecular weight excluding hydrogens is 294 g/mol. The van der Waals surface area contributed by atoms with E-state index in [0.717, 1.165) is 0 Å². The van der Waals surface area contributed by atoms with Crippen LogP contribution in [0.4, 0.5) is 10.5 Å². The average Bonchev–Trinajstić information content (AvgIpc) is 2.38. The number of methoxy groups -OCH3 is 1. The molecule has 0 saturated carbocycles. The number of hydrogen-bond donors (Lipinski definition) is 1. The van der Waals surface area contributed by atoms with Crippen LogP contribution in [0.1, 0.15) is 27.7 Å². The second kappa shape index (κ2) is 6.35. The van der Waals surface area contributed by atoms with Crippen molar-refractivity contribution in [2.45, 2.75) is 33.3 Å². The fourth-order valence-corrected chi connectivity index (χ4v) is 1.68. The lowest BCUT2D eigenvalue weighted by Gasteiger charge is -2.37. The van der Waals surface area contributed by atoms with Crippen molar-refractivity contribution < 1.29 is 19.1 Å². The number of esters is 1. The number of rotatable bonds is 3. The maximum absolute atomic E-state index is 12.0. The van der Waals surface area contributed by atoms with E-state index in [-0.39, 0.29) is 0 Å². The molecule has 0 spiro atoms. The maximum atomic E-state index is 12.0. The minimum atomic E-state index is -1.40. The topological polar surface area (TPSA) is 64.6 Å². The molecule has 0 fully saturated rings. The fourth-order valence-electron chi connectivity index (χ4n) is 1.56. The first-order valence-electron chi connectivity index (χ1n) is 6.44. The normalized spacial score (nSPS) is 14.0. The molecule has 1 aromatic rings. The van der Waals surface area contributed by atoms with Gasteiger partial charge >= 0.3 is 12.1 Å². The first kappa shape index (κ1) is 17.3. The SMILES string of the molecule is COC(=O)[C@@](C)(OC(=O)Nc1ccc(Cl)cc1)C(C)(C)C. The summed E-state index contributed by atoms with van der Waals surface area (Å²) in [5, 5.41) is 3.11. The van der Waals surface area contributed by atoms with Gasteiger partial charge < -0.3 is 9.47 Å². The van der Waals surface area contributed by atoms with Crippen LogP contribution in [0.15, 0.2) is 24.3 Å². The zero-order chi connectivity index (χ0) is 16.3. The highest BCUT2D eigenvalue weighted by atomic mass is 35.5. The van der Waals surface area contributed by atoms with E-state index in [1.54, 1.807) is 45.0 Å². The van der Waals surface area contributed by atoms with E-state index in [2.05, 4.69) is 5.32 Å². The molecule has 1 atom stereocenters. The van der Waals surface area contributed by atoms with Gasteiger partial charge in [0.2, 0.25) is 5.60 Å². The van der Waals surface area contributed by atoms with Gasteiger partial charge in [-0.05, 0) is 31.2 Å². The Balaban J connectivity index is 2.87. The number of hydrogen-bond acceptors (Lipinski definition) is 4. The Morgan fingerprint density at radius 2 is 1.62 bits per heavy atom. The number of benzene rings is 1. The standard InChI is InChI=1S/C15H20ClNO4/c1-14(2,3)15(4,12(18)20-5)21-13(19)17-11-8-6-10(16)7-9-11/h6-9H,1-5H3,(H,17,19)/t15-/m1/s1. The van der Waals surface area contributed by atoms with E-state index in [1.165, 1.54) is 14.0 Å². The van der Waals surface area contributed by atoms with Crippen LogP contribution in [-0.4, -0.2) is 24.8 Å². The van der Waals surface area contributed by atoms with E-state index >= 15 is 0 Å². The quantitative estimate of drug-likeness (QED) is 0.860. The van der Waals surface area contributed by atoms with Gasteiger partial charge in [-0.25, -0.2) is 9.59 Å². The Morgan fingerprint density at radius 1 is 1.10 bits per heavy atom. The highest BCUT2D eigenvalue weighted by Crippen LogP contribution is 2.35. The molecule has 0 unspecified atom stereocenters. The van der Waals surface area contributed by atoms with Crippen molar-refractivity contribution in [3.63, 3.8) is 0 Å². The van der Waals surface area contributed by atoms with Gasteiger partial charge in [0.15, 0.2) is 0 Å². The molecule has 6 heteroatoms. The lowest BCUT2D eigenvalue weighted by atomic mass is 9.77. The molecule has 1 aromatic carbocycles. The summed E-state index contributed by atoms with van der Waals surface area (Å²) < 4.78 is 10.1. The molecule has 0 saturated heterocycles. The van der Waals surface area contributed by atoms with Crippen LogP contribution in [0.5, 0.6) is 0 Å². The fraction of sp³-hybridized carbons (Fsp3) is 0.467. The van der Waals surface area contributed by atoms with Crippen LogP contribution in [0.3, 0.4) is 0 Å². The van der Waals surface area contributed by atoms with Crippen molar-refractivity contribution in [3.8, 4) is 0 Å². The molecular formula is C15H20ClNO4. The Labute approximate surface area is 129 Å². The molecule has 1 amide bonds. The number of amides is 1. The van der Waals surface area contributed by atoms with Gasteiger partial charge in [-0.1, -0.05) is 32.4 Å². The third kappa shape index (κ3) is 4.11. The van der Waals surface area contributed by atoms with E-state index < -0.39 is 23.1 Å². The molecule has 116 valence electrons. The van der Waals surface area contributed by atoms with Crippen molar-refractivity contribution in [1.82, 2.24) is 0 Å². The average molecular weight is 314 g/mol. The summed E-state index contributed by atoms with van der Waals surface area (Å²) in [7, 11) is 1.26. The van der Waals surface area contributed by atoms with Gasteiger partial charge in [0, 0.05) is 16.1 Å². The molecule has 0 radical (unpaired) electrons. The molecule has 5 nitrogen and oxygen atoms in total. The van der Waals surface area contributed by atoms with E-state index in [4.69, 9.17) is 21.1 Å². The molecule has 0 aliphatic carbocycles. The van der Waals surface area contributed by atoms with Gasteiger partial charge in [0.25, 0.3) is 0 Å². The zero-order valence-corrected chi connectivity index (χ0v) is 13.6. The van der Waals surface area contributed by atoms with Crippen molar-refractivity contribution in [2.24, 2.45) is 5.41 Å². The van der Waals surface area contributed by atoms with E-state index in [9.17, 15) is 9.59 Å². The number of anilines is 1. The summed E-state index contributed by atoms with van der Waals surface area (Å²) in [6.45, 7) is 6.90. The minimum absolute atomic E-state index is 0.519. The summed E-state index contributed by atoms with van der Waals surface area (Å²) in [6, 6.07) is 6.55. The predicted octanol–water partition coefficient (Wildman–Crippen LogP) is 3.87. The molecule has 0 aromatic heterocycles. The van der Waals surface area contributed by atoms with Crippen molar-refractivity contribution >= 4 is 29.4 Å². The van der Waals surface area contributed by atoms with Gasteiger partial charge in [0.05, 0.1) is 7.11 Å².